The fourth-order valence-corrected chi connectivity index (χ4v) is 3.97. The summed E-state index contributed by atoms with van der Waals surface area (Å²) in [6, 6.07) is 12.3. The van der Waals surface area contributed by atoms with Crippen molar-refractivity contribution >= 4 is 38.4 Å². The first-order valence-corrected chi connectivity index (χ1v) is 10.7. The van der Waals surface area contributed by atoms with Crippen LogP contribution < -0.4 is 10.0 Å². The zero-order valence-corrected chi connectivity index (χ0v) is 17.4. The van der Waals surface area contributed by atoms with Gasteiger partial charge in [0.1, 0.15) is 5.52 Å². The number of aromatic nitrogens is 2. The molecule has 158 valence electrons. The number of nitrogens with zero attached hydrogens (tertiary/aromatic N) is 2. The normalized spacial score (nSPS) is 11.4. The summed E-state index contributed by atoms with van der Waals surface area (Å²) in [6.45, 7) is 3.40. The van der Waals surface area contributed by atoms with E-state index in [0.717, 1.165) is 0 Å². The van der Waals surface area contributed by atoms with E-state index in [1.54, 1.807) is 32.0 Å². The smallest absolute Gasteiger partial charge is 0.264 e. The van der Waals surface area contributed by atoms with Gasteiger partial charge in [0.2, 0.25) is 5.88 Å². The number of sulfonamides is 1. The number of hydrogen-bond acceptors (Lipinski definition) is 7. The highest BCUT2D eigenvalue weighted by Crippen LogP contribution is 2.28. The predicted octanol–water partition coefficient (Wildman–Crippen LogP) is 3.60. The zero-order valence-electron chi connectivity index (χ0n) is 16.6. The van der Waals surface area contributed by atoms with Gasteiger partial charge >= 0.3 is 0 Å². The number of aryl methyl sites for hydroxylation is 1. The van der Waals surface area contributed by atoms with Crippen molar-refractivity contribution in [2.45, 2.75) is 18.7 Å². The van der Waals surface area contributed by atoms with Crippen LogP contribution in [0.5, 0.6) is 5.75 Å². The Labute approximate surface area is 177 Å². The molecule has 0 radical (unpaired) electrons. The number of aromatic hydroxyl groups is 1. The van der Waals surface area contributed by atoms with Crippen LogP contribution in [0.2, 0.25) is 0 Å². The number of nitrogens with one attached hydrogen (secondary N) is 2. The van der Waals surface area contributed by atoms with Crippen molar-refractivity contribution in [2.24, 2.45) is 0 Å². The lowest BCUT2D eigenvalue weighted by Gasteiger charge is -2.10. The van der Waals surface area contributed by atoms with Crippen molar-refractivity contribution in [1.29, 1.82) is 0 Å². The number of amides is 1. The lowest BCUT2D eigenvalue weighted by Crippen LogP contribution is -2.14. The van der Waals surface area contributed by atoms with Crippen LogP contribution in [0.4, 0.5) is 11.6 Å². The molecule has 2 aromatic heterocycles. The van der Waals surface area contributed by atoms with E-state index in [9.17, 15) is 18.3 Å². The molecule has 4 aromatic rings. The van der Waals surface area contributed by atoms with Gasteiger partial charge in [-0.1, -0.05) is 17.3 Å². The highest BCUT2D eigenvalue weighted by atomic mass is 32.2. The third-order valence-electron chi connectivity index (χ3n) is 4.80. The number of phenolic OH excluding ortho intramolecular Hbond substituents is 1. The lowest BCUT2D eigenvalue weighted by molar-refractivity contribution is 0.102. The average molecular weight is 438 g/mol. The first-order valence-electron chi connectivity index (χ1n) is 9.20. The molecule has 0 aliphatic carbocycles. The Kier molecular flexibility index (Phi) is 5.07. The number of carbonyl (C=O) groups is 1. The molecule has 0 aliphatic heterocycles. The fourth-order valence-electron chi connectivity index (χ4n) is 2.92. The van der Waals surface area contributed by atoms with Crippen molar-refractivity contribution < 1.29 is 22.8 Å². The Morgan fingerprint density at radius 3 is 2.48 bits per heavy atom. The van der Waals surface area contributed by atoms with E-state index >= 15 is 0 Å². The van der Waals surface area contributed by atoms with Gasteiger partial charge in [-0.2, -0.15) is 0 Å². The van der Waals surface area contributed by atoms with Crippen molar-refractivity contribution in [2.75, 3.05) is 10.0 Å². The van der Waals surface area contributed by atoms with Gasteiger partial charge in [0.05, 0.1) is 16.2 Å². The number of hydrogen-bond donors (Lipinski definition) is 3. The van der Waals surface area contributed by atoms with Gasteiger partial charge in [0, 0.05) is 22.8 Å². The minimum absolute atomic E-state index is 0.0169. The molecule has 2 heterocycles. The van der Waals surface area contributed by atoms with Gasteiger partial charge in [0.25, 0.3) is 15.9 Å². The van der Waals surface area contributed by atoms with Gasteiger partial charge in [-0.25, -0.2) is 13.1 Å². The van der Waals surface area contributed by atoms with Crippen LogP contribution >= 0.6 is 0 Å². The number of rotatable bonds is 5. The van der Waals surface area contributed by atoms with Crippen molar-refractivity contribution in [3.8, 4) is 5.75 Å². The zero-order chi connectivity index (χ0) is 22.2. The largest absolute Gasteiger partial charge is 0.505 e. The predicted molar refractivity (Wildman–Crippen MR) is 115 cm³/mol. The molecule has 9 nitrogen and oxygen atoms in total. The molecule has 4 rings (SSSR count). The fraction of sp³-hybridized carbons (Fsp3) is 0.0952. The van der Waals surface area contributed by atoms with E-state index in [1.165, 1.54) is 36.5 Å². The Bertz CT molecular complexity index is 1400. The van der Waals surface area contributed by atoms with Gasteiger partial charge in [0.15, 0.2) is 5.75 Å². The second kappa shape index (κ2) is 7.73. The second-order valence-corrected chi connectivity index (χ2v) is 8.53. The third kappa shape index (κ3) is 3.92. The highest BCUT2D eigenvalue weighted by Gasteiger charge is 2.20. The highest BCUT2D eigenvalue weighted by molar-refractivity contribution is 7.92. The first kappa shape index (κ1) is 20.4. The molecule has 2 aromatic carbocycles. The SMILES string of the molecule is Cc1noc(NS(=O)(=O)c2ccc(NC(=O)c3ccc4cccnc4c3O)cc2)c1C. The molecule has 0 fully saturated rings. The van der Waals surface area contributed by atoms with Crippen LogP contribution in [0.25, 0.3) is 10.9 Å². The summed E-state index contributed by atoms with van der Waals surface area (Å²) in [5.41, 5.74) is 1.91. The first-order chi connectivity index (χ1) is 14.8. The maximum Gasteiger partial charge on any atom is 0.264 e. The molecule has 0 unspecified atom stereocenters. The summed E-state index contributed by atoms with van der Waals surface area (Å²) in [7, 11) is -3.90. The van der Waals surface area contributed by atoms with E-state index in [1.807, 2.05) is 0 Å². The Hall–Kier alpha value is -3.92. The summed E-state index contributed by atoms with van der Waals surface area (Å²) in [6.07, 6.45) is 1.53. The van der Waals surface area contributed by atoms with Crippen molar-refractivity contribution in [3.63, 3.8) is 0 Å². The molecule has 1 amide bonds. The molecular formula is C21H18N4O5S. The molecule has 10 heteroatoms. The molecule has 0 saturated heterocycles. The molecule has 0 saturated carbocycles. The van der Waals surface area contributed by atoms with E-state index in [0.29, 0.717) is 27.8 Å². The quantitative estimate of drug-likeness (QED) is 0.433. The summed E-state index contributed by atoms with van der Waals surface area (Å²) in [4.78, 5) is 16.7. The minimum atomic E-state index is -3.90. The molecule has 0 bridgehead atoms. The van der Waals surface area contributed by atoms with E-state index < -0.39 is 15.9 Å². The van der Waals surface area contributed by atoms with Crippen LogP contribution in [0, 0.1) is 13.8 Å². The Morgan fingerprint density at radius 1 is 1.06 bits per heavy atom. The maximum absolute atomic E-state index is 12.6. The van der Waals surface area contributed by atoms with Gasteiger partial charge in [-0.3, -0.25) is 9.78 Å². The molecule has 0 aliphatic rings. The molecule has 31 heavy (non-hydrogen) atoms. The Balaban J connectivity index is 1.53. The summed E-state index contributed by atoms with van der Waals surface area (Å²) >= 11 is 0. The Morgan fingerprint density at radius 2 is 1.81 bits per heavy atom. The van der Waals surface area contributed by atoms with Gasteiger partial charge in [-0.05, 0) is 50.2 Å². The summed E-state index contributed by atoms with van der Waals surface area (Å²) in [5, 5.41) is 17.4. The number of phenols is 1. The molecule has 0 spiro atoms. The monoisotopic (exact) mass is 438 g/mol. The van der Waals surface area contributed by atoms with Gasteiger partial charge in [-0.15, -0.1) is 0 Å². The topological polar surface area (TPSA) is 134 Å². The average Bonchev–Trinajstić information content (AvgIpc) is 3.06. The number of benzene rings is 2. The number of pyridine rings is 1. The van der Waals surface area contributed by atoms with E-state index in [-0.39, 0.29) is 22.1 Å². The third-order valence-corrected chi connectivity index (χ3v) is 6.15. The van der Waals surface area contributed by atoms with Crippen LogP contribution in [0.15, 0.2) is 64.1 Å². The van der Waals surface area contributed by atoms with Crippen LogP contribution in [-0.2, 0) is 10.0 Å². The van der Waals surface area contributed by atoms with E-state index in [4.69, 9.17) is 4.52 Å². The van der Waals surface area contributed by atoms with Crippen molar-refractivity contribution in [3.05, 3.63) is 71.5 Å². The molecular weight excluding hydrogens is 420 g/mol. The number of fused-ring (bicyclic) bond motifs is 1. The maximum atomic E-state index is 12.6. The van der Waals surface area contributed by atoms with E-state index in [2.05, 4.69) is 20.2 Å². The summed E-state index contributed by atoms with van der Waals surface area (Å²) < 4.78 is 32.5. The molecule has 0 atom stereocenters. The second-order valence-electron chi connectivity index (χ2n) is 6.84. The standard InChI is InChI=1S/C21H18N4O5S/c1-12-13(2)24-30-21(12)25-31(28,29)16-8-6-15(7-9-16)23-20(27)17-10-5-14-4-3-11-22-18(14)19(17)26/h3-11,25-26H,1-2H3,(H,23,27). The van der Waals surface area contributed by atoms with Crippen molar-refractivity contribution in [1.82, 2.24) is 10.1 Å². The van der Waals surface area contributed by atoms with Crippen LogP contribution in [0.1, 0.15) is 21.6 Å². The number of carbonyl (C=O) groups excluding carboxylic acids is 1. The lowest BCUT2D eigenvalue weighted by atomic mass is 10.1. The van der Waals surface area contributed by atoms with Crippen LogP contribution in [-0.4, -0.2) is 29.6 Å². The molecule has 3 N–H and O–H groups in total. The summed E-state index contributed by atoms with van der Waals surface area (Å²) in [5.74, 6) is -0.724. The van der Waals surface area contributed by atoms with Gasteiger partial charge < -0.3 is 14.9 Å². The number of anilines is 2. The minimum Gasteiger partial charge on any atom is -0.505 e. The van der Waals surface area contributed by atoms with Crippen LogP contribution in [0.3, 0.4) is 0 Å².